The molecule has 2 aromatic rings. The summed E-state index contributed by atoms with van der Waals surface area (Å²) in [4.78, 5) is 4.47. The summed E-state index contributed by atoms with van der Waals surface area (Å²) in [6.45, 7) is 13.0. The zero-order valence-corrected chi connectivity index (χ0v) is 15.9. The average molecular weight is 330 g/mol. The molecule has 0 unspecified atom stereocenters. The van der Waals surface area contributed by atoms with Gasteiger partial charge in [-0.25, -0.2) is 4.98 Å². The molecule has 0 spiro atoms. The summed E-state index contributed by atoms with van der Waals surface area (Å²) in [6, 6.07) is 6.20. The van der Waals surface area contributed by atoms with Crippen LogP contribution in [-0.4, -0.2) is 24.5 Å². The molecule has 0 bridgehead atoms. The Balaban J connectivity index is 2.02. The third kappa shape index (κ3) is 4.01. The zero-order chi connectivity index (χ0) is 17.1. The molecule has 0 aliphatic heterocycles. The Bertz CT molecular complexity index is 707. The van der Waals surface area contributed by atoms with Gasteiger partial charge in [-0.3, -0.25) is 0 Å². The van der Waals surface area contributed by atoms with Crippen LogP contribution in [0.5, 0.6) is 0 Å². The van der Waals surface area contributed by atoms with Gasteiger partial charge in [-0.2, -0.15) is 5.26 Å². The minimum atomic E-state index is -1.67. The number of aromatic nitrogens is 2. The van der Waals surface area contributed by atoms with Gasteiger partial charge in [0.25, 0.3) is 0 Å². The first-order valence-corrected chi connectivity index (χ1v) is 11.1. The molecular weight excluding hydrogens is 302 g/mol. The standard InChI is InChI=1S/C18H27N3OSi/c1-18(2,3)23(4,5)22-13-7-12-21-14-15(9-10-19)16-8-6-11-20-17(16)21/h6,8,11,14H,7,9,12-13H2,1-5H3. The van der Waals surface area contributed by atoms with Gasteiger partial charge in [-0.05, 0) is 42.2 Å². The van der Waals surface area contributed by atoms with Gasteiger partial charge in [0.05, 0.1) is 12.5 Å². The van der Waals surface area contributed by atoms with Crippen LogP contribution in [0.15, 0.2) is 24.5 Å². The monoisotopic (exact) mass is 329 g/mol. The fourth-order valence-electron chi connectivity index (χ4n) is 2.37. The largest absolute Gasteiger partial charge is 0.417 e. The maximum atomic E-state index is 8.97. The molecule has 0 radical (unpaired) electrons. The van der Waals surface area contributed by atoms with Crippen LogP contribution in [0.25, 0.3) is 11.0 Å². The molecule has 0 saturated carbocycles. The minimum absolute atomic E-state index is 0.245. The van der Waals surface area contributed by atoms with Gasteiger partial charge < -0.3 is 8.99 Å². The van der Waals surface area contributed by atoms with E-state index in [0.717, 1.165) is 36.2 Å². The van der Waals surface area contributed by atoms with Gasteiger partial charge >= 0.3 is 0 Å². The predicted molar refractivity (Wildman–Crippen MR) is 96.8 cm³/mol. The summed E-state index contributed by atoms with van der Waals surface area (Å²) in [7, 11) is -1.67. The first-order chi connectivity index (χ1) is 10.8. The molecule has 0 aliphatic rings. The third-order valence-corrected chi connectivity index (χ3v) is 9.34. The van der Waals surface area contributed by atoms with Crippen LogP contribution in [0.1, 0.15) is 32.8 Å². The smallest absolute Gasteiger partial charge is 0.191 e. The van der Waals surface area contributed by atoms with Crippen LogP contribution in [0.2, 0.25) is 18.1 Å². The first-order valence-electron chi connectivity index (χ1n) is 8.20. The molecule has 2 rings (SSSR count). The Kier molecular flexibility index (Phi) is 5.28. The van der Waals surface area contributed by atoms with Crippen LogP contribution < -0.4 is 0 Å². The summed E-state index contributed by atoms with van der Waals surface area (Å²) in [6.07, 6.45) is 5.25. The zero-order valence-electron chi connectivity index (χ0n) is 14.9. The topological polar surface area (TPSA) is 50.8 Å². The van der Waals surface area contributed by atoms with Crippen molar-refractivity contribution in [2.45, 2.75) is 58.3 Å². The van der Waals surface area contributed by atoms with Crippen molar-refractivity contribution in [3.05, 3.63) is 30.1 Å². The normalized spacial score (nSPS) is 12.5. The second-order valence-electron chi connectivity index (χ2n) is 7.52. The van der Waals surface area contributed by atoms with Crippen molar-refractivity contribution in [2.24, 2.45) is 0 Å². The van der Waals surface area contributed by atoms with E-state index >= 15 is 0 Å². The van der Waals surface area contributed by atoms with Crippen molar-refractivity contribution in [3.63, 3.8) is 0 Å². The lowest BCUT2D eigenvalue weighted by Gasteiger charge is -2.36. The van der Waals surface area contributed by atoms with E-state index in [0.29, 0.717) is 6.42 Å². The Morgan fingerprint density at radius 1 is 1.35 bits per heavy atom. The van der Waals surface area contributed by atoms with Crippen LogP contribution in [0.3, 0.4) is 0 Å². The number of fused-ring (bicyclic) bond motifs is 1. The van der Waals surface area contributed by atoms with Crippen molar-refractivity contribution >= 4 is 19.4 Å². The molecule has 2 heterocycles. The Hall–Kier alpha value is -1.64. The van der Waals surface area contributed by atoms with Crippen LogP contribution in [0.4, 0.5) is 0 Å². The average Bonchev–Trinajstić information content (AvgIpc) is 2.82. The highest BCUT2D eigenvalue weighted by Gasteiger charge is 2.36. The summed E-state index contributed by atoms with van der Waals surface area (Å²) >= 11 is 0. The number of pyridine rings is 1. The number of hydrogen-bond donors (Lipinski definition) is 0. The highest BCUT2D eigenvalue weighted by Crippen LogP contribution is 2.36. The van der Waals surface area contributed by atoms with Gasteiger partial charge in [0, 0.05) is 30.9 Å². The van der Waals surface area contributed by atoms with E-state index in [4.69, 9.17) is 9.69 Å². The Labute approximate surface area is 140 Å². The van der Waals surface area contributed by atoms with E-state index in [1.165, 1.54) is 0 Å². The molecule has 0 N–H and O–H groups in total. The molecule has 124 valence electrons. The second kappa shape index (κ2) is 6.86. The summed E-state index contributed by atoms with van der Waals surface area (Å²) in [5.74, 6) is 0. The van der Waals surface area contributed by atoms with Gasteiger partial charge in [0.15, 0.2) is 8.32 Å². The SMILES string of the molecule is CC(C)(C)[Si](C)(C)OCCCn1cc(CC#N)c2cccnc21. The lowest BCUT2D eigenvalue weighted by molar-refractivity contribution is 0.275. The maximum absolute atomic E-state index is 8.97. The van der Waals surface area contributed by atoms with Crippen molar-refractivity contribution in [2.75, 3.05) is 6.61 Å². The number of nitriles is 1. The quantitative estimate of drug-likeness (QED) is 0.578. The Morgan fingerprint density at radius 3 is 2.74 bits per heavy atom. The van der Waals surface area contributed by atoms with Gasteiger partial charge in [-0.1, -0.05) is 20.8 Å². The van der Waals surface area contributed by atoms with Gasteiger partial charge in [-0.15, -0.1) is 0 Å². The number of rotatable bonds is 6. The van der Waals surface area contributed by atoms with Crippen LogP contribution in [0, 0.1) is 11.3 Å². The molecule has 0 aliphatic carbocycles. The molecule has 0 fully saturated rings. The number of hydrogen-bond acceptors (Lipinski definition) is 3. The van der Waals surface area contributed by atoms with E-state index < -0.39 is 8.32 Å². The van der Waals surface area contributed by atoms with Crippen molar-refractivity contribution in [3.8, 4) is 6.07 Å². The van der Waals surface area contributed by atoms with Gasteiger partial charge in [0.2, 0.25) is 0 Å². The van der Waals surface area contributed by atoms with E-state index in [1.54, 1.807) is 6.20 Å². The summed E-state index contributed by atoms with van der Waals surface area (Å²) in [5, 5.41) is 10.3. The summed E-state index contributed by atoms with van der Waals surface area (Å²) < 4.78 is 8.38. The molecule has 5 heteroatoms. The lowest BCUT2D eigenvalue weighted by Crippen LogP contribution is -2.41. The highest BCUT2D eigenvalue weighted by molar-refractivity contribution is 6.74. The molecule has 0 saturated heterocycles. The Morgan fingerprint density at radius 2 is 2.09 bits per heavy atom. The van der Waals surface area contributed by atoms with Crippen molar-refractivity contribution < 1.29 is 4.43 Å². The van der Waals surface area contributed by atoms with Crippen molar-refractivity contribution in [1.82, 2.24) is 9.55 Å². The highest BCUT2D eigenvalue weighted by atomic mass is 28.4. The molecule has 0 aromatic carbocycles. The molecule has 2 aromatic heterocycles. The first kappa shape index (κ1) is 17.7. The van der Waals surface area contributed by atoms with Gasteiger partial charge in [0.1, 0.15) is 5.65 Å². The summed E-state index contributed by atoms with van der Waals surface area (Å²) in [5.41, 5.74) is 2.02. The maximum Gasteiger partial charge on any atom is 0.191 e. The number of nitrogens with zero attached hydrogens (tertiary/aromatic N) is 3. The molecule has 4 nitrogen and oxygen atoms in total. The second-order valence-corrected chi connectivity index (χ2v) is 12.3. The third-order valence-electron chi connectivity index (χ3n) is 4.80. The minimum Gasteiger partial charge on any atom is -0.417 e. The fraction of sp³-hybridized carbons (Fsp3) is 0.556. The van der Waals surface area contributed by atoms with E-state index in [1.807, 2.05) is 12.1 Å². The van der Waals surface area contributed by atoms with E-state index in [-0.39, 0.29) is 5.04 Å². The lowest BCUT2D eigenvalue weighted by atomic mass is 10.2. The van der Waals surface area contributed by atoms with Crippen molar-refractivity contribution in [1.29, 1.82) is 5.26 Å². The molecule has 23 heavy (non-hydrogen) atoms. The predicted octanol–water partition coefficient (Wildman–Crippen LogP) is 4.51. The van der Waals surface area contributed by atoms with E-state index in [2.05, 4.69) is 55.7 Å². The van der Waals surface area contributed by atoms with E-state index in [9.17, 15) is 0 Å². The van der Waals surface area contributed by atoms with Crippen LogP contribution >= 0.6 is 0 Å². The molecule has 0 atom stereocenters. The molecular formula is C18H27N3OSi. The fourth-order valence-corrected chi connectivity index (χ4v) is 3.46. The molecule has 0 amide bonds. The number of aryl methyl sites for hydroxylation is 1. The van der Waals surface area contributed by atoms with Crippen LogP contribution in [-0.2, 0) is 17.4 Å².